The van der Waals surface area contributed by atoms with Crippen LogP contribution in [0.1, 0.15) is 43.4 Å². The van der Waals surface area contributed by atoms with Gasteiger partial charge in [0.25, 0.3) is 11.8 Å². The molecule has 0 saturated heterocycles. The van der Waals surface area contributed by atoms with Crippen LogP contribution in [-0.2, 0) is 6.18 Å². The van der Waals surface area contributed by atoms with E-state index in [1.807, 2.05) is 0 Å². The van der Waals surface area contributed by atoms with Crippen LogP contribution in [0.25, 0.3) is 0 Å². The fraction of sp³-hybridized carbons (Fsp3) is 0.0909. The monoisotopic (exact) mass is 500 g/mol. The first-order valence-corrected chi connectivity index (χ1v) is 9.98. The second-order valence-corrected chi connectivity index (χ2v) is 8.01. The van der Waals surface area contributed by atoms with Crippen LogP contribution in [-0.4, -0.2) is 11.8 Å². The lowest BCUT2D eigenvalue weighted by Crippen LogP contribution is -2.21. The van der Waals surface area contributed by atoms with Crippen LogP contribution in [0.4, 0.5) is 27.6 Å². The van der Waals surface area contributed by atoms with E-state index in [4.69, 9.17) is 23.2 Å². The van der Waals surface area contributed by atoms with Crippen molar-refractivity contribution in [1.82, 2.24) is 5.32 Å². The molecule has 33 heavy (non-hydrogen) atoms. The van der Waals surface area contributed by atoms with E-state index < -0.39 is 46.8 Å². The Morgan fingerprint density at radius 2 is 1.70 bits per heavy atom. The number of amides is 2. The molecule has 2 amide bonds. The quantitative estimate of drug-likeness (QED) is 0.410. The zero-order valence-electron chi connectivity index (χ0n) is 16.2. The Labute approximate surface area is 193 Å². The van der Waals surface area contributed by atoms with Gasteiger partial charge in [-0.3, -0.25) is 9.59 Å². The standard InChI is InChI=1S/C22H11Cl2F5N2O2/c23-11-6-15-18(19(31-21(15)33)14-8-12(25)1-2-16(14)24)17(7-11)30-20(32)9-3-10(22(27,28)29)5-13(26)4-9/h1-8,19H,(H,30,32)(H,31,33). The molecule has 2 N–H and O–H groups in total. The summed E-state index contributed by atoms with van der Waals surface area (Å²) < 4.78 is 66.7. The Morgan fingerprint density at radius 1 is 0.970 bits per heavy atom. The molecule has 11 heteroatoms. The number of halogens is 7. The molecule has 4 nitrogen and oxygen atoms in total. The van der Waals surface area contributed by atoms with Crippen LogP contribution in [0.2, 0.25) is 10.0 Å². The summed E-state index contributed by atoms with van der Waals surface area (Å²) >= 11 is 12.2. The summed E-state index contributed by atoms with van der Waals surface area (Å²) in [6.45, 7) is 0. The highest BCUT2D eigenvalue weighted by atomic mass is 35.5. The van der Waals surface area contributed by atoms with E-state index in [1.165, 1.54) is 18.2 Å². The number of anilines is 1. The number of nitrogens with one attached hydrogen (secondary N) is 2. The van der Waals surface area contributed by atoms with Gasteiger partial charge in [0.2, 0.25) is 0 Å². The molecule has 1 aliphatic heterocycles. The molecule has 170 valence electrons. The van der Waals surface area contributed by atoms with Crippen molar-refractivity contribution in [3.63, 3.8) is 0 Å². The fourth-order valence-electron chi connectivity index (χ4n) is 3.55. The van der Waals surface area contributed by atoms with E-state index in [0.717, 1.165) is 12.1 Å². The first-order valence-electron chi connectivity index (χ1n) is 9.22. The van der Waals surface area contributed by atoms with Gasteiger partial charge < -0.3 is 10.6 Å². The molecule has 1 unspecified atom stereocenters. The van der Waals surface area contributed by atoms with Gasteiger partial charge in [0.15, 0.2) is 0 Å². The Kier molecular flexibility index (Phi) is 5.79. The summed E-state index contributed by atoms with van der Waals surface area (Å²) in [5.74, 6) is -3.55. The van der Waals surface area contributed by atoms with Gasteiger partial charge in [0, 0.05) is 38.0 Å². The molecule has 0 bridgehead atoms. The van der Waals surface area contributed by atoms with Crippen molar-refractivity contribution < 1.29 is 31.5 Å². The van der Waals surface area contributed by atoms with E-state index in [1.54, 1.807) is 0 Å². The minimum absolute atomic E-state index is 0.0380. The number of hydrogen-bond donors (Lipinski definition) is 2. The molecule has 3 aromatic rings. The van der Waals surface area contributed by atoms with Gasteiger partial charge in [-0.2, -0.15) is 13.2 Å². The largest absolute Gasteiger partial charge is 0.416 e. The highest BCUT2D eigenvalue weighted by molar-refractivity contribution is 6.32. The molecule has 0 fully saturated rings. The summed E-state index contributed by atoms with van der Waals surface area (Å²) in [5, 5.41) is 5.16. The third-order valence-corrected chi connectivity index (χ3v) is 5.52. The van der Waals surface area contributed by atoms with Crippen molar-refractivity contribution >= 4 is 40.7 Å². The summed E-state index contributed by atoms with van der Waals surface area (Å²) in [6, 6.07) is 6.51. The predicted octanol–water partition coefficient (Wildman–Crippen LogP) is 6.38. The lowest BCUT2D eigenvalue weighted by atomic mass is 9.96. The average Bonchev–Trinajstić information content (AvgIpc) is 3.05. The van der Waals surface area contributed by atoms with E-state index >= 15 is 0 Å². The fourth-order valence-corrected chi connectivity index (χ4v) is 3.99. The van der Waals surface area contributed by atoms with Gasteiger partial charge >= 0.3 is 6.18 Å². The van der Waals surface area contributed by atoms with Gasteiger partial charge in [-0.25, -0.2) is 8.78 Å². The summed E-state index contributed by atoms with van der Waals surface area (Å²) in [7, 11) is 0. The van der Waals surface area contributed by atoms with E-state index in [2.05, 4.69) is 10.6 Å². The minimum atomic E-state index is -4.87. The number of rotatable bonds is 3. The highest BCUT2D eigenvalue weighted by Crippen LogP contribution is 2.41. The third-order valence-electron chi connectivity index (χ3n) is 4.96. The molecule has 0 saturated carbocycles. The van der Waals surface area contributed by atoms with Gasteiger partial charge in [-0.1, -0.05) is 23.2 Å². The summed E-state index contributed by atoms with van der Waals surface area (Å²) in [6.07, 6.45) is -4.87. The molecule has 0 spiro atoms. The maximum atomic E-state index is 13.9. The normalized spacial score (nSPS) is 15.2. The molecule has 1 atom stereocenters. The molecule has 1 aliphatic rings. The molecular formula is C22H11Cl2F5N2O2. The Morgan fingerprint density at radius 3 is 2.39 bits per heavy atom. The Bertz CT molecular complexity index is 1310. The van der Waals surface area contributed by atoms with Gasteiger partial charge in [-0.05, 0) is 48.5 Å². The van der Waals surface area contributed by atoms with Crippen LogP contribution < -0.4 is 10.6 Å². The molecule has 0 radical (unpaired) electrons. The minimum Gasteiger partial charge on any atom is -0.341 e. The summed E-state index contributed by atoms with van der Waals surface area (Å²) in [5.41, 5.74) is -1.56. The lowest BCUT2D eigenvalue weighted by molar-refractivity contribution is -0.137. The number of fused-ring (bicyclic) bond motifs is 1. The van der Waals surface area contributed by atoms with Crippen molar-refractivity contribution in [2.24, 2.45) is 0 Å². The zero-order valence-corrected chi connectivity index (χ0v) is 17.7. The van der Waals surface area contributed by atoms with Crippen LogP contribution in [0, 0.1) is 11.6 Å². The molecule has 1 heterocycles. The van der Waals surface area contributed by atoms with Crippen molar-refractivity contribution in [3.05, 3.63) is 98.0 Å². The van der Waals surface area contributed by atoms with Crippen LogP contribution in [0.15, 0.2) is 48.5 Å². The van der Waals surface area contributed by atoms with Crippen molar-refractivity contribution in [1.29, 1.82) is 0 Å². The summed E-state index contributed by atoms with van der Waals surface area (Å²) in [4.78, 5) is 25.2. The maximum absolute atomic E-state index is 13.9. The topological polar surface area (TPSA) is 58.2 Å². The highest BCUT2D eigenvalue weighted by Gasteiger charge is 2.35. The van der Waals surface area contributed by atoms with Gasteiger partial charge in [0.05, 0.1) is 11.6 Å². The van der Waals surface area contributed by atoms with Crippen molar-refractivity contribution in [2.45, 2.75) is 12.2 Å². The second-order valence-electron chi connectivity index (χ2n) is 7.17. The Balaban J connectivity index is 1.79. The van der Waals surface area contributed by atoms with E-state index in [-0.39, 0.29) is 38.5 Å². The van der Waals surface area contributed by atoms with E-state index in [9.17, 15) is 31.5 Å². The van der Waals surface area contributed by atoms with Crippen molar-refractivity contribution in [3.8, 4) is 0 Å². The number of benzene rings is 3. The zero-order chi connectivity index (χ0) is 24.1. The SMILES string of the molecule is O=C(Nc1cc(Cl)cc2c1C(c1cc(F)ccc1Cl)NC2=O)c1cc(F)cc(C(F)(F)F)c1. The van der Waals surface area contributed by atoms with Gasteiger partial charge in [-0.15, -0.1) is 0 Å². The smallest absolute Gasteiger partial charge is 0.341 e. The number of carbonyl (C=O) groups excluding carboxylic acids is 2. The maximum Gasteiger partial charge on any atom is 0.416 e. The van der Waals surface area contributed by atoms with Crippen LogP contribution in [0.5, 0.6) is 0 Å². The number of carbonyl (C=O) groups is 2. The number of alkyl halides is 3. The first kappa shape index (κ1) is 23.0. The van der Waals surface area contributed by atoms with E-state index in [0.29, 0.717) is 12.1 Å². The molecule has 4 rings (SSSR count). The molecule has 0 aromatic heterocycles. The predicted molar refractivity (Wildman–Crippen MR) is 112 cm³/mol. The Hall–Kier alpha value is -3.17. The average molecular weight is 501 g/mol. The molecular weight excluding hydrogens is 490 g/mol. The molecule has 3 aromatic carbocycles. The van der Waals surface area contributed by atoms with Crippen LogP contribution >= 0.6 is 23.2 Å². The van der Waals surface area contributed by atoms with Crippen LogP contribution in [0.3, 0.4) is 0 Å². The first-order chi connectivity index (χ1) is 15.4. The molecule has 0 aliphatic carbocycles. The van der Waals surface area contributed by atoms with Crippen molar-refractivity contribution in [2.75, 3.05) is 5.32 Å². The third kappa shape index (κ3) is 4.51. The van der Waals surface area contributed by atoms with Gasteiger partial charge in [0.1, 0.15) is 11.6 Å². The number of hydrogen-bond acceptors (Lipinski definition) is 2. The lowest BCUT2D eigenvalue weighted by Gasteiger charge is -2.18. The second kappa shape index (κ2) is 8.31.